The molecule has 0 atom stereocenters. The van der Waals surface area contributed by atoms with E-state index in [-0.39, 0.29) is 0 Å². The van der Waals surface area contributed by atoms with E-state index in [1.165, 1.54) is 4.88 Å². The van der Waals surface area contributed by atoms with E-state index in [4.69, 9.17) is 15.0 Å². The summed E-state index contributed by atoms with van der Waals surface area (Å²) in [6.07, 6.45) is 2.09. The van der Waals surface area contributed by atoms with Crippen LogP contribution < -0.4 is 10.6 Å². The zero-order valence-electron chi connectivity index (χ0n) is 21.4. The average molecular weight is 517 g/mol. The summed E-state index contributed by atoms with van der Waals surface area (Å²) < 4.78 is 1.99. The van der Waals surface area contributed by atoms with Gasteiger partial charge < -0.3 is 15.2 Å². The smallest absolute Gasteiger partial charge is 0.164 e. The summed E-state index contributed by atoms with van der Waals surface area (Å²) in [5, 5.41) is 8.06. The number of imidazole rings is 1. The number of nitrogens with zero attached hydrogens (tertiary/aromatic N) is 6. The lowest BCUT2D eigenvalue weighted by Gasteiger charge is -2.14. The molecule has 0 aliphatic carbocycles. The lowest BCUT2D eigenvalue weighted by atomic mass is 10.1. The Balaban J connectivity index is 1.56. The number of thioether (sulfide) groups is 1. The molecule has 0 radical (unpaired) electrons. The average Bonchev–Trinajstić information content (AvgIpc) is 3.31. The minimum Gasteiger partial charge on any atom is -0.353 e. The number of anilines is 4. The third kappa shape index (κ3) is 4.66. The minimum atomic E-state index is 0.682. The fourth-order valence-electron chi connectivity index (χ4n) is 4.21. The monoisotopic (exact) mass is 516 g/mol. The van der Waals surface area contributed by atoms with Crippen molar-refractivity contribution in [3.8, 4) is 11.3 Å². The summed E-state index contributed by atoms with van der Waals surface area (Å²) in [4.78, 5) is 25.6. The molecule has 0 fully saturated rings. The highest BCUT2D eigenvalue weighted by Crippen LogP contribution is 2.37. The quantitative estimate of drug-likeness (QED) is 0.243. The largest absolute Gasteiger partial charge is 0.353 e. The molecule has 0 spiro atoms. The standard InChI is InChI=1S/C26H28N8S2/c1-13-10-22(28-15(3)27-13)32-23-12-20(25-26(33-23)34(6)16(4)29-25)31-19-9-8-18(11-21(19)35-7)24-14(2)36-17(5)30-24/h8-12H,1-7H3,(H2,27,28,31,32,33). The third-order valence-electron chi connectivity index (χ3n) is 5.92. The number of fused-ring (bicyclic) bond motifs is 1. The number of rotatable bonds is 6. The first-order valence-corrected chi connectivity index (χ1v) is 13.6. The molecular formula is C26H28N8S2. The zero-order valence-corrected chi connectivity index (χ0v) is 23.0. The van der Waals surface area contributed by atoms with Crippen LogP contribution in [0.5, 0.6) is 0 Å². The fourth-order valence-corrected chi connectivity index (χ4v) is 5.64. The molecule has 10 heteroatoms. The highest BCUT2D eigenvalue weighted by molar-refractivity contribution is 7.98. The molecule has 184 valence electrons. The number of thiazole rings is 1. The Bertz CT molecular complexity index is 1580. The van der Waals surface area contributed by atoms with Crippen molar-refractivity contribution in [1.29, 1.82) is 0 Å². The predicted molar refractivity (Wildman–Crippen MR) is 150 cm³/mol. The highest BCUT2D eigenvalue weighted by atomic mass is 32.2. The number of benzene rings is 1. The number of hydrogen-bond acceptors (Lipinski definition) is 9. The zero-order chi connectivity index (χ0) is 25.6. The molecule has 2 N–H and O–H groups in total. The molecule has 0 aliphatic rings. The van der Waals surface area contributed by atoms with Crippen LogP contribution in [0.3, 0.4) is 0 Å². The van der Waals surface area contributed by atoms with Crippen molar-refractivity contribution in [2.75, 3.05) is 16.9 Å². The molecule has 5 rings (SSSR count). The summed E-state index contributed by atoms with van der Waals surface area (Å²) in [6.45, 7) is 9.99. The van der Waals surface area contributed by atoms with Gasteiger partial charge >= 0.3 is 0 Å². The fraction of sp³-hybridized carbons (Fsp3) is 0.269. The molecule has 0 amide bonds. The van der Waals surface area contributed by atoms with Gasteiger partial charge in [0.1, 0.15) is 28.8 Å². The molecule has 0 saturated carbocycles. The Morgan fingerprint density at radius 2 is 1.61 bits per heavy atom. The first-order valence-electron chi connectivity index (χ1n) is 11.5. The van der Waals surface area contributed by atoms with Gasteiger partial charge in [0.25, 0.3) is 0 Å². The second-order valence-electron chi connectivity index (χ2n) is 8.69. The van der Waals surface area contributed by atoms with Gasteiger partial charge in [-0.05, 0) is 53.0 Å². The van der Waals surface area contributed by atoms with Crippen LogP contribution in [0.15, 0.2) is 35.2 Å². The van der Waals surface area contributed by atoms with Crippen molar-refractivity contribution in [3.05, 3.63) is 57.6 Å². The van der Waals surface area contributed by atoms with Crippen LogP contribution in [0.2, 0.25) is 0 Å². The lowest BCUT2D eigenvalue weighted by Crippen LogP contribution is -2.03. The van der Waals surface area contributed by atoms with Crippen molar-refractivity contribution in [1.82, 2.24) is 29.5 Å². The van der Waals surface area contributed by atoms with Crippen LogP contribution >= 0.6 is 23.1 Å². The highest BCUT2D eigenvalue weighted by Gasteiger charge is 2.16. The molecule has 4 heterocycles. The first kappa shape index (κ1) is 24.2. The van der Waals surface area contributed by atoms with E-state index in [0.29, 0.717) is 17.5 Å². The number of hydrogen-bond donors (Lipinski definition) is 2. The molecule has 1 aromatic carbocycles. The maximum Gasteiger partial charge on any atom is 0.164 e. The Kier molecular flexibility index (Phi) is 6.40. The van der Waals surface area contributed by atoms with Crippen LogP contribution in [0, 0.1) is 34.6 Å². The predicted octanol–water partition coefficient (Wildman–Crippen LogP) is 6.63. The van der Waals surface area contributed by atoms with Gasteiger partial charge in [-0.2, -0.15) is 0 Å². The second kappa shape index (κ2) is 9.51. The van der Waals surface area contributed by atoms with E-state index < -0.39 is 0 Å². The van der Waals surface area contributed by atoms with Gasteiger partial charge in [-0.25, -0.2) is 24.9 Å². The summed E-state index contributed by atoms with van der Waals surface area (Å²) >= 11 is 3.43. The van der Waals surface area contributed by atoms with E-state index in [9.17, 15) is 0 Å². The molecule has 0 unspecified atom stereocenters. The van der Waals surface area contributed by atoms with Crippen LogP contribution in [-0.4, -0.2) is 35.7 Å². The summed E-state index contributed by atoms with van der Waals surface area (Å²) in [5.41, 5.74) is 6.56. The first-order chi connectivity index (χ1) is 17.2. The van der Waals surface area contributed by atoms with Crippen LogP contribution in [0.4, 0.5) is 23.0 Å². The number of aryl methyl sites for hydroxylation is 6. The second-order valence-corrected chi connectivity index (χ2v) is 10.9. The SMILES string of the molecule is CSc1cc(-c2nc(C)sc2C)ccc1Nc1cc(Nc2cc(C)nc(C)n2)nc2c1nc(C)n2C. The van der Waals surface area contributed by atoms with Crippen LogP contribution in [-0.2, 0) is 7.05 Å². The number of nitrogens with one attached hydrogen (secondary N) is 2. The van der Waals surface area contributed by atoms with E-state index in [1.54, 1.807) is 23.1 Å². The van der Waals surface area contributed by atoms with Gasteiger partial charge in [0.2, 0.25) is 0 Å². The molecule has 4 aromatic heterocycles. The summed E-state index contributed by atoms with van der Waals surface area (Å²) in [6, 6.07) is 10.3. The van der Waals surface area contributed by atoms with Crippen molar-refractivity contribution in [3.63, 3.8) is 0 Å². The topological polar surface area (TPSA) is 93.4 Å². The Morgan fingerprint density at radius 3 is 2.31 bits per heavy atom. The van der Waals surface area contributed by atoms with Crippen LogP contribution in [0.1, 0.15) is 27.2 Å². The molecule has 36 heavy (non-hydrogen) atoms. The molecule has 0 bridgehead atoms. The van der Waals surface area contributed by atoms with E-state index >= 15 is 0 Å². The van der Waals surface area contributed by atoms with E-state index in [2.05, 4.69) is 52.0 Å². The Morgan fingerprint density at radius 1 is 0.833 bits per heavy atom. The Hall–Kier alpha value is -3.50. The van der Waals surface area contributed by atoms with Gasteiger partial charge in [0.15, 0.2) is 5.65 Å². The normalized spacial score (nSPS) is 11.3. The molecule has 0 saturated heterocycles. The molecule has 5 aromatic rings. The van der Waals surface area contributed by atoms with Crippen molar-refractivity contribution in [2.24, 2.45) is 7.05 Å². The van der Waals surface area contributed by atoms with E-state index in [1.807, 2.05) is 51.4 Å². The van der Waals surface area contributed by atoms with Crippen molar-refractivity contribution < 1.29 is 0 Å². The van der Waals surface area contributed by atoms with Gasteiger partial charge in [-0.3, -0.25) is 0 Å². The molecule has 8 nitrogen and oxygen atoms in total. The third-order valence-corrected chi connectivity index (χ3v) is 7.58. The summed E-state index contributed by atoms with van der Waals surface area (Å²) in [7, 11) is 1.98. The van der Waals surface area contributed by atoms with Gasteiger partial charge in [0, 0.05) is 40.2 Å². The molecule has 0 aliphatic heterocycles. The van der Waals surface area contributed by atoms with Crippen LogP contribution in [0.25, 0.3) is 22.4 Å². The summed E-state index contributed by atoms with van der Waals surface area (Å²) in [5.74, 6) is 2.99. The number of aromatic nitrogens is 6. The minimum absolute atomic E-state index is 0.682. The molecular weight excluding hydrogens is 488 g/mol. The van der Waals surface area contributed by atoms with Gasteiger partial charge in [-0.1, -0.05) is 6.07 Å². The number of pyridine rings is 1. The van der Waals surface area contributed by atoms with Gasteiger partial charge in [-0.15, -0.1) is 23.1 Å². The van der Waals surface area contributed by atoms with Crippen molar-refractivity contribution in [2.45, 2.75) is 39.5 Å². The lowest BCUT2D eigenvalue weighted by molar-refractivity contribution is 0.874. The van der Waals surface area contributed by atoms with Crippen molar-refractivity contribution >= 4 is 57.3 Å². The Labute approximate surface area is 218 Å². The maximum atomic E-state index is 4.84. The maximum absolute atomic E-state index is 4.84. The van der Waals surface area contributed by atoms with E-state index in [0.717, 1.165) is 55.2 Å². The van der Waals surface area contributed by atoms with Gasteiger partial charge in [0.05, 0.1) is 22.1 Å².